The second kappa shape index (κ2) is 5.52. The van der Waals surface area contributed by atoms with Crippen molar-refractivity contribution in [1.82, 2.24) is 29.9 Å². The predicted octanol–water partition coefficient (Wildman–Crippen LogP) is 0.815. The van der Waals surface area contributed by atoms with Gasteiger partial charge in [0, 0.05) is 37.8 Å². The normalized spacial score (nSPS) is 10.8. The Kier molecular flexibility index (Phi) is 3.40. The van der Waals surface area contributed by atoms with Crippen molar-refractivity contribution in [2.45, 2.75) is 12.8 Å². The van der Waals surface area contributed by atoms with Gasteiger partial charge in [0.05, 0.1) is 23.5 Å². The fraction of sp³-hybridized carbons (Fsp3) is 0.231. The predicted molar refractivity (Wildman–Crippen MR) is 72.2 cm³/mol. The molecule has 7 nitrogen and oxygen atoms in total. The molecule has 0 bridgehead atoms. The highest BCUT2D eigenvalue weighted by Crippen LogP contribution is 2.08. The zero-order chi connectivity index (χ0) is 13.8. The number of carbonyl (C=O) groups excluding carboxylic acids is 1. The third kappa shape index (κ3) is 2.51. The Balaban J connectivity index is 1.56. The Morgan fingerprint density at radius 2 is 2.30 bits per heavy atom. The van der Waals surface area contributed by atoms with Crippen LogP contribution >= 0.6 is 0 Å². The maximum absolute atomic E-state index is 12.1. The number of amides is 1. The van der Waals surface area contributed by atoms with Crippen molar-refractivity contribution in [3.8, 4) is 0 Å². The first-order chi connectivity index (χ1) is 9.84. The van der Waals surface area contributed by atoms with Crippen molar-refractivity contribution >= 4 is 11.4 Å². The lowest BCUT2D eigenvalue weighted by molar-refractivity contribution is 0.0954. The van der Waals surface area contributed by atoms with Gasteiger partial charge >= 0.3 is 0 Å². The first kappa shape index (κ1) is 12.3. The SMILES string of the molecule is O=C(NCCCc1ncc[nH]1)c1cnn2ccncc12. The standard InChI is InChI=1S/C13H14N6O/c20-13(17-3-1-2-12-15-4-5-16-12)10-8-18-19-7-6-14-9-11(10)19/h4-9H,1-3H2,(H,15,16)(H,17,20). The number of hydrogen-bond acceptors (Lipinski definition) is 4. The van der Waals surface area contributed by atoms with Gasteiger partial charge in [0.2, 0.25) is 0 Å². The molecule has 0 spiro atoms. The molecule has 0 saturated carbocycles. The zero-order valence-electron chi connectivity index (χ0n) is 10.8. The molecule has 7 heteroatoms. The number of aryl methyl sites for hydroxylation is 1. The summed E-state index contributed by atoms with van der Waals surface area (Å²) in [5.74, 6) is 0.798. The number of imidazole rings is 1. The molecule has 0 unspecified atom stereocenters. The summed E-state index contributed by atoms with van der Waals surface area (Å²) >= 11 is 0. The molecule has 0 aliphatic heterocycles. The van der Waals surface area contributed by atoms with Gasteiger partial charge in [-0.15, -0.1) is 0 Å². The second-order valence-electron chi connectivity index (χ2n) is 4.36. The van der Waals surface area contributed by atoms with E-state index in [9.17, 15) is 4.79 Å². The lowest BCUT2D eigenvalue weighted by Crippen LogP contribution is -2.24. The summed E-state index contributed by atoms with van der Waals surface area (Å²) in [6.45, 7) is 0.594. The minimum Gasteiger partial charge on any atom is -0.352 e. The van der Waals surface area contributed by atoms with Crippen LogP contribution in [-0.4, -0.2) is 37.0 Å². The first-order valence-corrected chi connectivity index (χ1v) is 6.38. The number of aromatic amines is 1. The third-order valence-corrected chi connectivity index (χ3v) is 3.00. The number of H-pyrrole nitrogens is 1. The molecule has 0 aliphatic rings. The largest absolute Gasteiger partial charge is 0.352 e. The van der Waals surface area contributed by atoms with Gasteiger partial charge in [0.25, 0.3) is 5.91 Å². The average molecular weight is 270 g/mol. The molecule has 1 amide bonds. The summed E-state index contributed by atoms with van der Waals surface area (Å²) in [4.78, 5) is 23.2. The van der Waals surface area contributed by atoms with E-state index in [1.807, 2.05) is 0 Å². The van der Waals surface area contributed by atoms with Crippen LogP contribution in [0.1, 0.15) is 22.6 Å². The molecule has 0 aromatic carbocycles. The maximum Gasteiger partial charge on any atom is 0.255 e. The van der Waals surface area contributed by atoms with Crippen molar-refractivity contribution in [1.29, 1.82) is 0 Å². The highest BCUT2D eigenvalue weighted by atomic mass is 16.1. The number of hydrogen-bond donors (Lipinski definition) is 2. The van der Waals surface area contributed by atoms with E-state index in [0.29, 0.717) is 17.6 Å². The number of fused-ring (bicyclic) bond motifs is 1. The van der Waals surface area contributed by atoms with E-state index in [4.69, 9.17) is 0 Å². The van der Waals surface area contributed by atoms with Gasteiger partial charge in [-0.3, -0.25) is 9.78 Å². The van der Waals surface area contributed by atoms with Crippen LogP contribution in [0, 0.1) is 0 Å². The molecule has 0 atom stereocenters. The monoisotopic (exact) mass is 270 g/mol. The number of carbonyl (C=O) groups is 1. The molecule has 3 aromatic heterocycles. The summed E-state index contributed by atoms with van der Waals surface area (Å²) in [7, 11) is 0. The first-order valence-electron chi connectivity index (χ1n) is 6.38. The summed E-state index contributed by atoms with van der Waals surface area (Å²) in [5, 5.41) is 6.99. The molecule has 0 fully saturated rings. The second-order valence-corrected chi connectivity index (χ2v) is 4.36. The highest BCUT2D eigenvalue weighted by molar-refractivity contribution is 6.00. The van der Waals surface area contributed by atoms with E-state index >= 15 is 0 Å². The van der Waals surface area contributed by atoms with Crippen LogP contribution in [-0.2, 0) is 6.42 Å². The van der Waals surface area contributed by atoms with E-state index in [1.54, 1.807) is 41.7 Å². The molecule has 0 aliphatic carbocycles. The van der Waals surface area contributed by atoms with Crippen LogP contribution in [0.3, 0.4) is 0 Å². The van der Waals surface area contributed by atoms with Gasteiger partial charge in [-0.1, -0.05) is 0 Å². The van der Waals surface area contributed by atoms with E-state index in [2.05, 4.69) is 25.4 Å². The Bertz CT molecular complexity index is 703. The quantitative estimate of drug-likeness (QED) is 0.672. The summed E-state index contributed by atoms with van der Waals surface area (Å²) in [5.41, 5.74) is 1.24. The van der Waals surface area contributed by atoms with Crippen LogP contribution in [0.25, 0.3) is 5.52 Å². The molecule has 0 saturated heterocycles. The highest BCUT2D eigenvalue weighted by Gasteiger charge is 2.11. The van der Waals surface area contributed by atoms with Crippen molar-refractivity contribution in [3.63, 3.8) is 0 Å². The number of nitrogens with one attached hydrogen (secondary N) is 2. The van der Waals surface area contributed by atoms with Crippen LogP contribution in [0.5, 0.6) is 0 Å². The maximum atomic E-state index is 12.1. The smallest absolute Gasteiger partial charge is 0.255 e. The zero-order valence-corrected chi connectivity index (χ0v) is 10.8. The molecule has 102 valence electrons. The molecule has 20 heavy (non-hydrogen) atoms. The summed E-state index contributed by atoms with van der Waals surface area (Å²) < 4.78 is 1.63. The minimum atomic E-state index is -0.132. The van der Waals surface area contributed by atoms with Gasteiger partial charge in [0.1, 0.15) is 5.82 Å². The van der Waals surface area contributed by atoms with Crippen molar-refractivity contribution in [2.24, 2.45) is 0 Å². The Morgan fingerprint density at radius 3 is 3.15 bits per heavy atom. The minimum absolute atomic E-state index is 0.132. The fourth-order valence-corrected chi connectivity index (χ4v) is 2.00. The van der Waals surface area contributed by atoms with Crippen molar-refractivity contribution in [3.05, 3.63) is 48.6 Å². The Labute approximate surface area is 115 Å². The molecule has 2 N–H and O–H groups in total. The average Bonchev–Trinajstić information content (AvgIpc) is 3.12. The Morgan fingerprint density at radius 1 is 1.35 bits per heavy atom. The molecule has 3 heterocycles. The van der Waals surface area contributed by atoms with Crippen LogP contribution in [0.4, 0.5) is 0 Å². The lowest BCUT2D eigenvalue weighted by Gasteiger charge is -2.03. The number of rotatable bonds is 5. The van der Waals surface area contributed by atoms with Crippen LogP contribution in [0.15, 0.2) is 37.2 Å². The van der Waals surface area contributed by atoms with Crippen LogP contribution < -0.4 is 5.32 Å². The fourth-order valence-electron chi connectivity index (χ4n) is 2.00. The molecule has 3 rings (SSSR count). The van der Waals surface area contributed by atoms with Crippen molar-refractivity contribution < 1.29 is 4.79 Å². The number of nitrogens with zero attached hydrogens (tertiary/aromatic N) is 4. The van der Waals surface area contributed by atoms with Gasteiger partial charge in [-0.05, 0) is 6.42 Å². The molecular weight excluding hydrogens is 256 g/mol. The van der Waals surface area contributed by atoms with Crippen LogP contribution in [0.2, 0.25) is 0 Å². The van der Waals surface area contributed by atoms with Gasteiger partial charge in [0.15, 0.2) is 0 Å². The van der Waals surface area contributed by atoms with Gasteiger partial charge in [-0.25, -0.2) is 9.50 Å². The molecule has 3 aromatic rings. The summed E-state index contributed by atoms with van der Waals surface area (Å²) in [6, 6.07) is 0. The van der Waals surface area contributed by atoms with E-state index in [1.165, 1.54) is 0 Å². The lowest BCUT2D eigenvalue weighted by atomic mass is 10.2. The topological polar surface area (TPSA) is 88.0 Å². The van der Waals surface area contributed by atoms with Gasteiger partial charge < -0.3 is 10.3 Å². The third-order valence-electron chi connectivity index (χ3n) is 3.00. The van der Waals surface area contributed by atoms with E-state index in [-0.39, 0.29) is 5.91 Å². The van der Waals surface area contributed by atoms with Crippen molar-refractivity contribution in [2.75, 3.05) is 6.54 Å². The Hall–Kier alpha value is -2.70. The summed E-state index contributed by atoms with van der Waals surface area (Å²) in [6.07, 6.45) is 11.7. The number of aromatic nitrogens is 5. The molecule has 0 radical (unpaired) electrons. The molecular formula is C13H14N6O. The van der Waals surface area contributed by atoms with Gasteiger partial charge in [-0.2, -0.15) is 5.10 Å². The van der Waals surface area contributed by atoms with E-state index < -0.39 is 0 Å². The van der Waals surface area contributed by atoms with E-state index in [0.717, 1.165) is 18.7 Å².